The van der Waals surface area contributed by atoms with Crippen LogP contribution in [0.4, 0.5) is 0 Å². The molecule has 5 atom stereocenters. The Hall–Kier alpha value is -2.98. The third-order valence-electron chi connectivity index (χ3n) is 5.89. The highest BCUT2D eigenvalue weighted by Gasteiger charge is 2.54. The Morgan fingerprint density at radius 2 is 1.74 bits per heavy atom. The van der Waals surface area contributed by atoms with Gasteiger partial charge in [-0.15, -0.1) is 18.3 Å². The summed E-state index contributed by atoms with van der Waals surface area (Å²) in [4.78, 5) is 40.1. The summed E-state index contributed by atoms with van der Waals surface area (Å²) in [6.07, 6.45) is -1.66. The van der Waals surface area contributed by atoms with E-state index < -0.39 is 47.6 Å². The maximum atomic E-state index is 13.2. The van der Waals surface area contributed by atoms with Crippen LogP contribution in [0.5, 0.6) is 0 Å². The van der Waals surface area contributed by atoms with Crippen molar-refractivity contribution in [2.24, 2.45) is 0 Å². The number of rotatable bonds is 9. The van der Waals surface area contributed by atoms with E-state index in [0.29, 0.717) is 22.4 Å². The van der Waals surface area contributed by atoms with Crippen molar-refractivity contribution in [3.05, 3.63) is 83.9 Å². The molecule has 2 aliphatic rings. The molecule has 4 rings (SSSR count). The average Bonchev–Trinajstić information content (AvgIpc) is 3.13. The summed E-state index contributed by atoms with van der Waals surface area (Å²) < 4.78 is 17.5. The average molecular weight is 498 g/mol. The number of carbonyl (C=O) groups excluding carboxylic acids is 3. The highest BCUT2D eigenvalue weighted by atomic mass is 32.2. The molecule has 0 saturated carbocycles. The van der Waals surface area contributed by atoms with Crippen molar-refractivity contribution in [3.8, 4) is 0 Å². The van der Waals surface area contributed by atoms with Crippen molar-refractivity contribution < 1.29 is 33.7 Å². The van der Waals surface area contributed by atoms with E-state index in [1.807, 2.05) is 6.92 Å². The first-order chi connectivity index (χ1) is 17.0. The lowest BCUT2D eigenvalue weighted by molar-refractivity contribution is -0.194. The Morgan fingerprint density at radius 1 is 1.11 bits per heavy atom. The quantitative estimate of drug-likeness (QED) is 0.321. The molecule has 0 spiro atoms. The van der Waals surface area contributed by atoms with Gasteiger partial charge in [-0.1, -0.05) is 43.3 Å². The lowest BCUT2D eigenvalue weighted by Crippen LogP contribution is -2.65. The van der Waals surface area contributed by atoms with Gasteiger partial charge in [0.25, 0.3) is 11.8 Å². The van der Waals surface area contributed by atoms with Gasteiger partial charge in [0.1, 0.15) is 36.4 Å². The molecule has 0 radical (unpaired) electrons. The standard InChI is InChI=1S/C26H27NO7S/c1-3-14-32-22-20(27-23(29)17-12-8-9-13-18(17)24(27)30)26(35-4-2)34-19(21(22)28)15-33-25(31)16-10-6-5-7-11-16/h3,5-13,19-22,26,28H,1,4,14-15H2,2H3/t19-,20-,21-,22-,26+/m1/s1. The second kappa shape index (κ2) is 11.2. The van der Waals surface area contributed by atoms with Crippen molar-refractivity contribution in [1.29, 1.82) is 0 Å². The van der Waals surface area contributed by atoms with E-state index in [1.54, 1.807) is 54.6 Å². The molecule has 0 aromatic heterocycles. The van der Waals surface area contributed by atoms with E-state index in [0.717, 1.165) is 4.90 Å². The van der Waals surface area contributed by atoms with Crippen molar-refractivity contribution in [1.82, 2.24) is 4.90 Å². The molecule has 0 aliphatic carbocycles. The van der Waals surface area contributed by atoms with Crippen molar-refractivity contribution in [3.63, 3.8) is 0 Å². The molecule has 8 nitrogen and oxygen atoms in total. The Labute approximate surface area is 207 Å². The van der Waals surface area contributed by atoms with Gasteiger partial charge in [-0.25, -0.2) is 4.79 Å². The molecule has 35 heavy (non-hydrogen) atoms. The number of carbonyl (C=O) groups is 3. The Kier molecular flexibility index (Phi) is 8.02. The molecule has 0 unspecified atom stereocenters. The summed E-state index contributed by atoms with van der Waals surface area (Å²) in [6.45, 7) is 5.44. The lowest BCUT2D eigenvalue weighted by atomic mass is 9.96. The SMILES string of the molecule is C=CCO[C@H]1[C@H](O)[C@@H](COC(=O)c2ccccc2)O[C@@H](SCC)[C@@H]1N1C(=O)c2ccccc2C1=O. The third-order valence-corrected chi connectivity index (χ3v) is 6.94. The topological polar surface area (TPSA) is 102 Å². The molecule has 2 aromatic carbocycles. The minimum Gasteiger partial charge on any atom is -0.459 e. The summed E-state index contributed by atoms with van der Waals surface area (Å²) >= 11 is 1.38. The number of nitrogens with zero attached hydrogens (tertiary/aromatic N) is 1. The van der Waals surface area contributed by atoms with E-state index in [1.165, 1.54) is 17.8 Å². The lowest BCUT2D eigenvalue weighted by Gasteiger charge is -2.46. The highest BCUT2D eigenvalue weighted by Crippen LogP contribution is 2.37. The number of hydrogen-bond acceptors (Lipinski definition) is 8. The van der Waals surface area contributed by atoms with Crippen LogP contribution in [-0.2, 0) is 14.2 Å². The maximum Gasteiger partial charge on any atom is 0.338 e. The number of fused-ring (bicyclic) bond motifs is 1. The van der Waals surface area contributed by atoms with Crippen LogP contribution in [0.2, 0.25) is 0 Å². The molecule has 1 N–H and O–H groups in total. The van der Waals surface area contributed by atoms with E-state index in [2.05, 4.69) is 6.58 Å². The largest absolute Gasteiger partial charge is 0.459 e. The molecule has 9 heteroatoms. The number of amides is 2. The van der Waals surface area contributed by atoms with Gasteiger partial charge in [0.05, 0.1) is 23.3 Å². The minimum absolute atomic E-state index is 0.0848. The van der Waals surface area contributed by atoms with Gasteiger partial charge in [0.15, 0.2) is 0 Å². The first kappa shape index (κ1) is 25.1. The fourth-order valence-corrected chi connectivity index (χ4v) is 5.30. The van der Waals surface area contributed by atoms with Gasteiger partial charge >= 0.3 is 5.97 Å². The summed E-state index contributed by atoms with van der Waals surface area (Å²) in [6, 6.07) is 14.2. The normalized spacial score (nSPS) is 25.9. The zero-order chi connectivity index (χ0) is 24.9. The van der Waals surface area contributed by atoms with Gasteiger partial charge in [-0.05, 0) is 30.0 Å². The van der Waals surface area contributed by atoms with Gasteiger partial charge in [0, 0.05) is 0 Å². The number of ether oxygens (including phenoxy) is 3. The molecule has 0 bridgehead atoms. The fraction of sp³-hybridized carbons (Fsp3) is 0.346. The monoisotopic (exact) mass is 497 g/mol. The smallest absolute Gasteiger partial charge is 0.338 e. The molecule has 2 aliphatic heterocycles. The molecule has 1 saturated heterocycles. The Balaban J connectivity index is 1.60. The molecule has 184 valence electrons. The van der Waals surface area contributed by atoms with Crippen LogP contribution < -0.4 is 0 Å². The number of aliphatic hydroxyl groups excluding tert-OH is 1. The van der Waals surface area contributed by atoms with Crippen molar-refractivity contribution >= 4 is 29.5 Å². The molecular weight excluding hydrogens is 470 g/mol. The van der Waals surface area contributed by atoms with Crippen LogP contribution in [0.1, 0.15) is 38.0 Å². The molecular formula is C26H27NO7S. The first-order valence-electron chi connectivity index (χ1n) is 11.3. The van der Waals surface area contributed by atoms with Crippen molar-refractivity contribution in [2.75, 3.05) is 19.0 Å². The summed E-state index contributed by atoms with van der Waals surface area (Å²) in [7, 11) is 0. The maximum absolute atomic E-state index is 13.2. The van der Waals surface area contributed by atoms with E-state index in [4.69, 9.17) is 14.2 Å². The van der Waals surface area contributed by atoms with Crippen LogP contribution in [0.15, 0.2) is 67.3 Å². The van der Waals surface area contributed by atoms with Gasteiger partial charge in [-0.2, -0.15) is 0 Å². The highest BCUT2D eigenvalue weighted by molar-refractivity contribution is 7.99. The van der Waals surface area contributed by atoms with Gasteiger partial charge < -0.3 is 19.3 Å². The predicted octanol–water partition coefficient (Wildman–Crippen LogP) is 2.92. The van der Waals surface area contributed by atoms with Gasteiger partial charge in [0.2, 0.25) is 0 Å². The molecule has 2 amide bonds. The van der Waals surface area contributed by atoms with Crippen molar-refractivity contribution in [2.45, 2.75) is 36.7 Å². The second-order valence-corrected chi connectivity index (χ2v) is 9.43. The first-order valence-corrected chi connectivity index (χ1v) is 12.4. The van der Waals surface area contributed by atoms with E-state index in [-0.39, 0.29) is 13.2 Å². The van der Waals surface area contributed by atoms with Crippen LogP contribution in [0.3, 0.4) is 0 Å². The zero-order valence-electron chi connectivity index (χ0n) is 19.2. The number of benzene rings is 2. The third kappa shape index (κ3) is 5.04. The number of thioether (sulfide) groups is 1. The summed E-state index contributed by atoms with van der Waals surface area (Å²) in [5.74, 6) is -0.860. The molecule has 2 heterocycles. The number of hydrogen-bond donors (Lipinski definition) is 1. The predicted molar refractivity (Wildman–Crippen MR) is 130 cm³/mol. The second-order valence-electron chi connectivity index (χ2n) is 8.06. The number of esters is 1. The van der Waals surface area contributed by atoms with Crippen LogP contribution >= 0.6 is 11.8 Å². The number of aliphatic hydroxyl groups is 1. The fourth-order valence-electron chi connectivity index (χ4n) is 4.28. The van der Waals surface area contributed by atoms with Crippen LogP contribution in [-0.4, -0.2) is 76.5 Å². The van der Waals surface area contributed by atoms with E-state index >= 15 is 0 Å². The Morgan fingerprint density at radius 3 is 2.34 bits per heavy atom. The summed E-state index contributed by atoms with van der Waals surface area (Å²) in [5, 5.41) is 11.2. The number of imide groups is 1. The van der Waals surface area contributed by atoms with Crippen LogP contribution in [0, 0.1) is 0 Å². The summed E-state index contributed by atoms with van der Waals surface area (Å²) in [5.41, 5.74) is 0.267. The zero-order valence-corrected chi connectivity index (χ0v) is 20.1. The van der Waals surface area contributed by atoms with Crippen LogP contribution in [0.25, 0.3) is 0 Å². The minimum atomic E-state index is -1.28. The Bertz CT molecular complexity index is 1060. The molecule has 1 fully saturated rings. The molecule has 2 aromatic rings. The van der Waals surface area contributed by atoms with E-state index in [9.17, 15) is 19.5 Å². The van der Waals surface area contributed by atoms with Gasteiger partial charge in [-0.3, -0.25) is 14.5 Å².